The molecule has 2 atom stereocenters. The number of fused-ring (bicyclic) bond motifs is 1. The molecular formula is C21H28N2. The predicted molar refractivity (Wildman–Crippen MR) is 98.9 cm³/mol. The molecule has 0 radical (unpaired) electrons. The third kappa shape index (κ3) is 3.28. The maximum Gasteiger partial charge on any atom is 0.0429 e. The molecule has 1 heterocycles. The molecule has 2 heteroatoms. The van der Waals surface area contributed by atoms with Crippen molar-refractivity contribution in [3.63, 3.8) is 0 Å². The molecule has 0 bridgehead atoms. The van der Waals surface area contributed by atoms with Crippen molar-refractivity contribution >= 4 is 5.69 Å². The largest absolute Gasteiger partial charge is 0.367 e. The monoisotopic (exact) mass is 308 g/mol. The molecule has 0 spiro atoms. The van der Waals surface area contributed by atoms with Gasteiger partial charge in [0, 0.05) is 24.8 Å². The highest BCUT2D eigenvalue weighted by molar-refractivity contribution is 5.61. The van der Waals surface area contributed by atoms with Gasteiger partial charge in [0.2, 0.25) is 0 Å². The van der Waals surface area contributed by atoms with Crippen LogP contribution in [0.2, 0.25) is 0 Å². The van der Waals surface area contributed by atoms with E-state index in [9.17, 15) is 0 Å². The van der Waals surface area contributed by atoms with Crippen LogP contribution in [0.5, 0.6) is 0 Å². The molecule has 1 aliphatic heterocycles. The molecule has 1 aliphatic rings. The van der Waals surface area contributed by atoms with E-state index in [4.69, 9.17) is 5.73 Å². The second-order valence-electron chi connectivity index (χ2n) is 6.85. The van der Waals surface area contributed by atoms with Crippen LogP contribution in [-0.2, 0) is 13.0 Å². The maximum absolute atomic E-state index is 6.24. The smallest absolute Gasteiger partial charge is 0.0429 e. The Morgan fingerprint density at radius 3 is 2.61 bits per heavy atom. The van der Waals surface area contributed by atoms with Gasteiger partial charge in [0.05, 0.1) is 0 Å². The first-order valence-electron chi connectivity index (χ1n) is 8.81. The highest BCUT2D eigenvalue weighted by atomic mass is 15.1. The van der Waals surface area contributed by atoms with E-state index in [1.165, 1.54) is 34.4 Å². The Bertz CT molecular complexity index is 661. The number of aryl methyl sites for hydroxylation is 1. The SMILES string of the molecule is CCc1cc2c(cc1C(C)N)N(Cc1ccccc1)CCC2C. The van der Waals surface area contributed by atoms with Gasteiger partial charge in [-0.1, -0.05) is 50.2 Å². The van der Waals surface area contributed by atoms with Crippen LogP contribution in [0.3, 0.4) is 0 Å². The Balaban J connectivity index is 2.01. The van der Waals surface area contributed by atoms with E-state index in [1.54, 1.807) is 0 Å². The number of nitrogens with zero attached hydrogens (tertiary/aromatic N) is 1. The minimum atomic E-state index is 0.0889. The Morgan fingerprint density at radius 1 is 1.22 bits per heavy atom. The summed E-state index contributed by atoms with van der Waals surface area (Å²) < 4.78 is 0. The van der Waals surface area contributed by atoms with Crippen molar-refractivity contribution in [3.05, 3.63) is 64.7 Å². The molecule has 122 valence electrons. The Hall–Kier alpha value is -1.80. The quantitative estimate of drug-likeness (QED) is 0.880. The minimum Gasteiger partial charge on any atom is -0.367 e. The van der Waals surface area contributed by atoms with Crippen LogP contribution in [0.25, 0.3) is 0 Å². The molecular weight excluding hydrogens is 280 g/mol. The average Bonchev–Trinajstić information content (AvgIpc) is 2.57. The van der Waals surface area contributed by atoms with Crippen molar-refractivity contribution < 1.29 is 0 Å². The van der Waals surface area contributed by atoms with Gasteiger partial charge in [0.25, 0.3) is 0 Å². The van der Waals surface area contributed by atoms with Crippen LogP contribution in [-0.4, -0.2) is 6.54 Å². The van der Waals surface area contributed by atoms with Crippen LogP contribution in [0, 0.1) is 0 Å². The molecule has 0 amide bonds. The molecule has 0 saturated heterocycles. The molecule has 2 unspecified atom stereocenters. The van der Waals surface area contributed by atoms with E-state index in [1.807, 2.05) is 0 Å². The lowest BCUT2D eigenvalue weighted by Crippen LogP contribution is -2.30. The van der Waals surface area contributed by atoms with E-state index < -0.39 is 0 Å². The first-order chi connectivity index (χ1) is 11.1. The first-order valence-corrected chi connectivity index (χ1v) is 8.81. The zero-order chi connectivity index (χ0) is 16.4. The molecule has 0 aliphatic carbocycles. The summed E-state index contributed by atoms with van der Waals surface area (Å²) in [5, 5.41) is 0. The van der Waals surface area contributed by atoms with Crippen molar-refractivity contribution in [1.29, 1.82) is 0 Å². The number of nitrogens with two attached hydrogens (primary N) is 1. The van der Waals surface area contributed by atoms with E-state index >= 15 is 0 Å². The Morgan fingerprint density at radius 2 is 1.96 bits per heavy atom. The van der Waals surface area contributed by atoms with Crippen LogP contribution in [0.15, 0.2) is 42.5 Å². The lowest BCUT2D eigenvalue weighted by atomic mass is 9.86. The minimum absolute atomic E-state index is 0.0889. The van der Waals surface area contributed by atoms with E-state index in [0.717, 1.165) is 19.5 Å². The molecule has 2 N–H and O–H groups in total. The molecule has 2 aromatic carbocycles. The topological polar surface area (TPSA) is 29.3 Å². The van der Waals surface area contributed by atoms with Crippen molar-refractivity contribution in [1.82, 2.24) is 0 Å². The van der Waals surface area contributed by atoms with Crippen LogP contribution >= 0.6 is 0 Å². The van der Waals surface area contributed by atoms with Gasteiger partial charge in [-0.25, -0.2) is 0 Å². The highest BCUT2D eigenvalue weighted by Gasteiger charge is 2.24. The molecule has 2 nitrogen and oxygen atoms in total. The standard InChI is InChI=1S/C21H28N2/c1-4-18-12-19-15(2)10-11-23(14-17-8-6-5-7-9-17)21(19)13-20(18)16(3)22/h5-9,12-13,15-16H,4,10-11,14,22H2,1-3H3. The second-order valence-corrected chi connectivity index (χ2v) is 6.85. The van der Waals surface area contributed by atoms with Crippen molar-refractivity contribution in [2.75, 3.05) is 11.4 Å². The summed E-state index contributed by atoms with van der Waals surface area (Å²) in [5.74, 6) is 0.629. The Kier molecular flexibility index (Phi) is 4.72. The fourth-order valence-electron chi connectivity index (χ4n) is 3.66. The molecule has 0 saturated carbocycles. The van der Waals surface area contributed by atoms with Crippen molar-refractivity contribution in [2.24, 2.45) is 5.73 Å². The molecule has 0 aromatic heterocycles. The number of hydrogen-bond acceptors (Lipinski definition) is 2. The van der Waals surface area contributed by atoms with Gasteiger partial charge < -0.3 is 10.6 Å². The lowest BCUT2D eigenvalue weighted by molar-refractivity contribution is 0.606. The third-order valence-electron chi connectivity index (χ3n) is 5.08. The zero-order valence-electron chi connectivity index (χ0n) is 14.5. The third-order valence-corrected chi connectivity index (χ3v) is 5.08. The maximum atomic E-state index is 6.24. The summed E-state index contributed by atoms with van der Waals surface area (Å²) in [4.78, 5) is 2.52. The van der Waals surface area contributed by atoms with Crippen LogP contribution in [0.1, 0.15) is 61.4 Å². The number of hydrogen-bond donors (Lipinski definition) is 1. The summed E-state index contributed by atoms with van der Waals surface area (Å²) in [5.41, 5.74) is 13.2. The highest BCUT2D eigenvalue weighted by Crippen LogP contribution is 2.39. The van der Waals surface area contributed by atoms with Crippen LogP contribution < -0.4 is 10.6 Å². The van der Waals surface area contributed by atoms with Gasteiger partial charge in [-0.3, -0.25) is 0 Å². The van der Waals surface area contributed by atoms with Gasteiger partial charge in [0.1, 0.15) is 0 Å². The fraction of sp³-hybridized carbons (Fsp3) is 0.429. The first kappa shape index (κ1) is 16.1. The summed E-state index contributed by atoms with van der Waals surface area (Å²) in [6.07, 6.45) is 2.27. The van der Waals surface area contributed by atoms with Gasteiger partial charge in [0.15, 0.2) is 0 Å². The number of anilines is 1. The average molecular weight is 308 g/mol. The van der Waals surface area contributed by atoms with Gasteiger partial charge >= 0.3 is 0 Å². The van der Waals surface area contributed by atoms with Gasteiger partial charge in [-0.2, -0.15) is 0 Å². The molecule has 2 aromatic rings. The van der Waals surface area contributed by atoms with E-state index in [0.29, 0.717) is 5.92 Å². The summed E-state index contributed by atoms with van der Waals surface area (Å²) in [7, 11) is 0. The normalized spacial score (nSPS) is 18.6. The number of rotatable bonds is 4. The molecule has 23 heavy (non-hydrogen) atoms. The van der Waals surface area contributed by atoms with Gasteiger partial charge in [-0.05, 0) is 54.0 Å². The van der Waals surface area contributed by atoms with E-state index in [-0.39, 0.29) is 6.04 Å². The van der Waals surface area contributed by atoms with Crippen LogP contribution in [0.4, 0.5) is 5.69 Å². The summed E-state index contributed by atoms with van der Waals surface area (Å²) in [6.45, 7) is 8.76. The van der Waals surface area contributed by atoms with Crippen molar-refractivity contribution in [2.45, 2.75) is 52.1 Å². The fourth-order valence-corrected chi connectivity index (χ4v) is 3.66. The summed E-state index contributed by atoms with van der Waals surface area (Å²) >= 11 is 0. The lowest BCUT2D eigenvalue weighted by Gasteiger charge is -2.36. The van der Waals surface area contributed by atoms with Crippen molar-refractivity contribution in [3.8, 4) is 0 Å². The molecule has 3 rings (SSSR count). The number of benzene rings is 2. The summed E-state index contributed by atoms with van der Waals surface area (Å²) in [6, 6.07) is 15.6. The van der Waals surface area contributed by atoms with Gasteiger partial charge in [-0.15, -0.1) is 0 Å². The predicted octanol–water partition coefficient (Wildman–Crippen LogP) is 4.78. The second kappa shape index (κ2) is 6.76. The Labute approximate surface area is 140 Å². The van der Waals surface area contributed by atoms with E-state index in [2.05, 4.69) is 68.1 Å². The zero-order valence-corrected chi connectivity index (χ0v) is 14.5. The molecule has 0 fully saturated rings.